The largest absolute Gasteiger partial charge is 2.00 e. The van der Waals surface area contributed by atoms with Crippen LogP contribution in [-0.2, 0) is 21.1 Å². The van der Waals surface area contributed by atoms with Crippen molar-refractivity contribution in [2.45, 2.75) is 0 Å². The van der Waals surface area contributed by atoms with Crippen LogP contribution in [-0.4, -0.2) is 9.97 Å². The summed E-state index contributed by atoms with van der Waals surface area (Å²) in [7, 11) is 0. The maximum absolute atomic E-state index is 6.83. The molecule has 3 nitrogen and oxygen atoms in total. The number of nitrogens with one attached hydrogen (secondary N) is 2. The Morgan fingerprint density at radius 1 is 1.67 bits per heavy atom. The minimum absolute atomic E-state index is 0. The Morgan fingerprint density at radius 3 is 2.56 bits per heavy atom. The van der Waals surface area contributed by atoms with Crippen LogP contribution in [0.5, 0.6) is 0 Å². The minimum Gasteiger partial charge on any atom is -0.459 e. The Labute approximate surface area is 68.3 Å². The Hall–Kier alpha value is -0.432. The Kier molecular flexibility index (Phi) is 7.21. The normalized spacial score (nSPS) is 6.67. The second-order valence-electron chi connectivity index (χ2n) is 1.09. The zero-order valence-corrected chi connectivity index (χ0v) is 7.94. The molecule has 0 bridgehead atoms. The fraction of sp³-hybridized carbons (Fsp3) is 0. The summed E-state index contributed by atoms with van der Waals surface area (Å²) < 4.78 is 0. The summed E-state index contributed by atoms with van der Waals surface area (Å²) in [5.41, 5.74) is 0.235. The van der Waals surface area contributed by atoms with Gasteiger partial charge in [-0.1, -0.05) is 0 Å². The van der Waals surface area contributed by atoms with E-state index in [1.54, 1.807) is 12.3 Å². The molecule has 1 heterocycles. The van der Waals surface area contributed by atoms with E-state index < -0.39 is 0 Å². The third kappa shape index (κ3) is 4.10. The molecule has 0 aliphatic heterocycles. The van der Waals surface area contributed by atoms with Crippen LogP contribution in [0.3, 0.4) is 0 Å². The van der Waals surface area contributed by atoms with E-state index in [2.05, 4.69) is 16.3 Å². The van der Waals surface area contributed by atoms with Crippen LogP contribution in [0.25, 0.3) is 0 Å². The molecule has 4 heteroatoms. The van der Waals surface area contributed by atoms with Gasteiger partial charge in [-0.15, -0.1) is 12.3 Å². The number of hydrogen-bond donors (Lipinski definition) is 2. The van der Waals surface area contributed by atoms with Crippen molar-refractivity contribution in [3.8, 4) is 0 Å². The standard InChI is InChI=1S/C4H4N3.CH3.W/c5-4-1-2-6-3-7-4;;/h1-2H,(H2,5,6,7);1H3;/q2*-1;+2. The molecule has 0 radical (unpaired) electrons. The number of nitrogens with zero attached hydrogens (tertiary/aromatic N) is 1. The van der Waals surface area contributed by atoms with Gasteiger partial charge < -0.3 is 22.8 Å². The van der Waals surface area contributed by atoms with Crippen molar-refractivity contribution < 1.29 is 21.1 Å². The van der Waals surface area contributed by atoms with Crippen molar-refractivity contribution in [2.75, 3.05) is 0 Å². The molecule has 1 aromatic heterocycles. The van der Waals surface area contributed by atoms with Crippen molar-refractivity contribution in [1.29, 1.82) is 5.41 Å². The van der Waals surface area contributed by atoms with Gasteiger partial charge in [0.15, 0.2) is 0 Å². The topological polar surface area (TPSA) is 52.5 Å². The van der Waals surface area contributed by atoms with Crippen molar-refractivity contribution in [3.05, 3.63) is 31.5 Å². The third-order valence-corrected chi connectivity index (χ3v) is 0.565. The summed E-state index contributed by atoms with van der Waals surface area (Å²) in [6.45, 7) is 0. The molecule has 0 aromatic carbocycles. The second-order valence-corrected chi connectivity index (χ2v) is 1.09. The van der Waals surface area contributed by atoms with Gasteiger partial charge in [-0.3, -0.25) is 0 Å². The van der Waals surface area contributed by atoms with E-state index in [1.807, 2.05) is 0 Å². The quantitative estimate of drug-likeness (QED) is 0.657. The molecule has 2 N–H and O–H groups in total. The minimum atomic E-state index is 0. The number of aromatic nitrogens is 2. The van der Waals surface area contributed by atoms with Gasteiger partial charge in [0.25, 0.3) is 0 Å². The van der Waals surface area contributed by atoms with Gasteiger partial charge in [0.05, 0.1) is 0 Å². The van der Waals surface area contributed by atoms with Crippen molar-refractivity contribution >= 4 is 0 Å². The summed E-state index contributed by atoms with van der Waals surface area (Å²) >= 11 is 0. The summed E-state index contributed by atoms with van der Waals surface area (Å²) in [5, 5.41) is 6.83. The van der Waals surface area contributed by atoms with Crippen molar-refractivity contribution in [3.63, 3.8) is 0 Å². The molecule has 9 heavy (non-hydrogen) atoms. The zero-order valence-electron chi connectivity index (χ0n) is 5.01. The monoisotopic (exact) mass is 293 g/mol. The third-order valence-electron chi connectivity index (χ3n) is 0.565. The smallest absolute Gasteiger partial charge is 0.459 e. The second kappa shape index (κ2) is 5.70. The van der Waals surface area contributed by atoms with Crippen LogP contribution in [0, 0.1) is 19.2 Å². The van der Waals surface area contributed by atoms with E-state index >= 15 is 0 Å². The van der Waals surface area contributed by atoms with Gasteiger partial charge in [-0.05, 0) is 0 Å². The number of hydrogen-bond acceptors (Lipinski definition) is 2. The Morgan fingerprint density at radius 2 is 2.33 bits per heavy atom. The Balaban J connectivity index is 0. The van der Waals surface area contributed by atoms with E-state index in [0.29, 0.717) is 0 Å². The summed E-state index contributed by atoms with van der Waals surface area (Å²) in [6, 6.07) is 1.55. The van der Waals surface area contributed by atoms with E-state index in [-0.39, 0.29) is 34.0 Å². The molecule has 0 fully saturated rings. The molecule has 48 valence electrons. The fourth-order valence-electron chi connectivity index (χ4n) is 0.288. The number of rotatable bonds is 0. The average Bonchev–Trinajstić information content (AvgIpc) is 1.69. The number of H-pyrrole nitrogens is 1. The van der Waals surface area contributed by atoms with E-state index in [1.165, 1.54) is 0 Å². The molecule has 0 atom stereocenters. The maximum Gasteiger partial charge on any atom is 2.00 e. The first kappa shape index (κ1) is 11.4. The molecule has 0 spiro atoms. The molecule has 0 aliphatic rings. The van der Waals surface area contributed by atoms with Crippen LogP contribution in [0.2, 0.25) is 0 Å². The van der Waals surface area contributed by atoms with Crippen molar-refractivity contribution in [2.24, 2.45) is 0 Å². The molecule has 0 aliphatic carbocycles. The van der Waals surface area contributed by atoms with Crippen LogP contribution >= 0.6 is 0 Å². The molecule has 1 aromatic rings. The summed E-state index contributed by atoms with van der Waals surface area (Å²) in [6.07, 6.45) is 4.00. The van der Waals surface area contributed by atoms with E-state index in [0.717, 1.165) is 0 Å². The molecular formula is C5H7N3W. The van der Waals surface area contributed by atoms with Gasteiger partial charge in [0.2, 0.25) is 0 Å². The van der Waals surface area contributed by atoms with Gasteiger partial charge in [-0.2, -0.15) is 0 Å². The molecular weight excluding hydrogens is 286 g/mol. The summed E-state index contributed by atoms with van der Waals surface area (Å²) in [5.74, 6) is 0. The first-order valence-electron chi connectivity index (χ1n) is 1.86. The molecule has 0 unspecified atom stereocenters. The SMILES string of the molecule is N=c1cc[nH][c-]n1.[CH3-].[W+2]. The van der Waals surface area contributed by atoms with Crippen molar-refractivity contribution in [1.82, 2.24) is 9.97 Å². The molecule has 0 saturated carbocycles. The van der Waals surface area contributed by atoms with Crippen LogP contribution in [0.15, 0.2) is 12.3 Å². The predicted octanol–water partition coefficient (Wildman–Crippen LogP) is 0.137. The van der Waals surface area contributed by atoms with Crippen LogP contribution in [0.1, 0.15) is 0 Å². The Bertz CT molecular complexity index is 178. The van der Waals surface area contributed by atoms with Crippen LogP contribution in [0.4, 0.5) is 0 Å². The maximum atomic E-state index is 6.83. The molecule has 0 amide bonds. The van der Waals surface area contributed by atoms with E-state index in [4.69, 9.17) is 5.41 Å². The van der Waals surface area contributed by atoms with Crippen LogP contribution < -0.4 is 5.49 Å². The summed E-state index contributed by atoms with van der Waals surface area (Å²) in [4.78, 5) is 6.04. The average molecular weight is 293 g/mol. The van der Waals surface area contributed by atoms with Gasteiger partial charge in [-0.25, -0.2) is 0 Å². The van der Waals surface area contributed by atoms with E-state index in [9.17, 15) is 0 Å². The first-order valence-corrected chi connectivity index (χ1v) is 1.86. The fourth-order valence-corrected chi connectivity index (χ4v) is 0.288. The number of aromatic amines is 1. The molecule has 0 saturated heterocycles. The first-order chi connectivity index (χ1) is 3.39. The van der Waals surface area contributed by atoms with Gasteiger partial charge in [0.1, 0.15) is 0 Å². The van der Waals surface area contributed by atoms with Gasteiger partial charge in [0, 0.05) is 11.8 Å². The predicted molar refractivity (Wildman–Crippen MR) is 29.7 cm³/mol. The van der Waals surface area contributed by atoms with Gasteiger partial charge >= 0.3 is 21.1 Å². The molecule has 1 rings (SSSR count). The zero-order chi connectivity index (χ0) is 5.11.